The first-order chi connectivity index (χ1) is 8.79. The second-order valence-corrected chi connectivity index (χ2v) is 5.07. The molecule has 0 atom stereocenters. The first-order valence-corrected chi connectivity index (χ1v) is 6.76. The molecule has 0 heterocycles. The highest BCUT2D eigenvalue weighted by Gasteiger charge is 2.03. The first-order valence-electron chi connectivity index (χ1n) is 5.68. The van der Waals surface area contributed by atoms with Crippen molar-refractivity contribution in [3.63, 3.8) is 0 Å². The van der Waals surface area contributed by atoms with Gasteiger partial charge in [-0.2, -0.15) is 0 Å². The Morgan fingerprint density at radius 2 is 1.83 bits per heavy atom. The lowest BCUT2D eigenvalue weighted by Crippen LogP contribution is -1.98. The number of ether oxygens (including phenoxy) is 1. The molecule has 0 amide bonds. The predicted molar refractivity (Wildman–Crippen MR) is 79.7 cm³/mol. The van der Waals surface area contributed by atoms with Crippen LogP contribution in [-0.2, 0) is 17.8 Å². The summed E-state index contributed by atoms with van der Waals surface area (Å²) < 4.78 is 6.84. The molecule has 2 nitrogen and oxygen atoms in total. The molecule has 18 heavy (non-hydrogen) atoms. The van der Waals surface area contributed by atoms with Crippen LogP contribution in [0.1, 0.15) is 11.1 Å². The number of halogens is 1. The van der Waals surface area contributed by atoms with Crippen LogP contribution in [-0.4, -0.2) is 6.29 Å². The van der Waals surface area contributed by atoms with Crippen LogP contribution < -0.4 is 4.74 Å². The lowest BCUT2D eigenvalue weighted by atomic mass is 10.1. The van der Waals surface area contributed by atoms with E-state index in [1.165, 1.54) is 0 Å². The van der Waals surface area contributed by atoms with Crippen LogP contribution in [0, 0.1) is 3.57 Å². The Kier molecular flexibility index (Phi) is 4.75. The average Bonchev–Trinajstić information content (AvgIpc) is 2.41. The maximum Gasteiger partial charge on any atom is 0.133 e. The molecule has 2 aromatic carbocycles. The number of benzene rings is 2. The summed E-state index contributed by atoms with van der Waals surface area (Å²) in [5, 5.41) is 0. The van der Waals surface area contributed by atoms with Gasteiger partial charge < -0.3 is 9.53 Å². The van der Waals surface area contributed by atoms with Crippen molar-refractivity contribution in [1.29, 1.82) is 0 Å². The summed E-state index contributed by atoms with van der Waals surface area (Å²) in [6.45, 7) is 0.543. The molecule has 3 heteroatoms. The minimum absolute atomic E-state index is 0.429. The largest absolute Gasteiger partial charge is 0.488 e. The number of rotatable bonds is 5. The van der Waals surface area contributed by atoms with Crippen LogP contribution in [0.5, 0.6) is 5.75 Å². The van der Waals surface area contributed by atoms with Gasteiger partial charge in [-0.25, -0.2) is 0 Å². The van der Waals surface area contributed by atoms with Gasteiger partial charge in [0.05, 0.1) is 3.57 Å². The molecule has 0 fully saturated rings. The van der Waals surface area contributed by atoms with E-state index in [9.17, 15) is 4.79 Å². The zero-order valence-corrected chi connectivity index (χ0v) is 12.0. The molecule has 0 saturated carbocycles. The quantitative estimate of drug-likeness (QED) is 0.607. The molecule has 0 saturated heterocycles. The minimum Gasteiger partial charge on any atom is -0.488 e. The Balaban J connectivity index is 2.08. The molecule has 0 aliphatic carbocycles. The second-order valence-electron chi connectivity index (χ2n) is 3.91. The monoisotopic (exact) mass is 352 g/mol. The van der Waals surface area contributed by atoms with E-state index in [1.54, 1.807) is 0 Å². The summed E-state index contributed by atoms with van der Waals surface area (Å²) >= 11 is 2.23. The van der Waals surface area contributed by atoms with Gasteiger partial charge in [-0.05, 0) is 45.9 Å². The highest BCUT2D eigenvalue weighted by Crippen LogP contribution is 2.23. The molecule has 2 rings (SSSR count). The third-order valence-electron chi connectivity index (χ3n) is 2.55. The Hall–Kier alpha value is -1.36. The van der Waals surface area contributed by atoms with Gasteiger partial charge in [-0.15, -0.1) is 0 Å². The van der Waals surface area contributed by atoms with Crippen molar-refractivity contribution in [2.24, 2.45) is 0 Å². The third-order valence-corrected chi connectivity index (χ3v) is 3.44. The highest BCUT2D eigenvalue weighted by atomic mass is 127. The normalized spacial score (nSPS) is 10.1. The molecule has 0 unspecified atom stereocenters. The van der Waals surface area contributed by atoms with Crippen molar-refractivity contribution < 1.29 is 9.53 Å². The van der Waals surface area contributed by atoms with E-state index in [0.29, 0.717) is 13.0 Å². The summed E-state index contributed by atoms with van der Waals surface area (Å²) in [7, 11) is 0. The van der Waals surface area contributed by atoms with Crippen molar-refractivity contribution in [2.75, 3.05) is 0 Å². The van der Waals surface area contributed by atoms with Gasteiger partial charge in [0.15, 0.2) is 0 Å². The molecule has 2 aromatic rings. The topological polar surface area (TPSA) is 26.3 Å². The van der Waals surface area contributed by atoms with Gasteiger partial charge in [-0.1, -0.05) is 36.4 Å². The molecule has 0 N–H and O–H groups in total. The standard InChI is InChI=1S/C15H13IO2/c16-14-7-6-12(8-9-17)10-15(14)18-11-13-4-2-1-3-5-13/h1-7,9-10H,8,11H2. The minimum atomic E-state index is 0.429. The highest BCUT2D eigenvalue weighted by molar-refractivity contribution is 14.1. The average molecular weight is 352 g/mol. The van der Waals surface area contributed by atoms with Gasteiger partial charge in [0.2, 0.25) is 0 Å². The summed E-state index contributed by atoms with van der Waals surface area (Å²) in [5.74, 6) is 0.832. The van der Waals surface area contributed by atoms with Crippen LogP contribution >= 0.6 is 22.6 Å². The zero-order valence-electron chi connectivity index (χ0n) is 9.80. The fourth-order valence-electron chi connectivity index (χ4n) is 1.62. The SMILES string of the molecule is O=CCc1ccc(I)c(OCc2ccccc2)c1. The summed E-state index contributed by atoms with van der Waals surface area (Å²) in [6, 6.07) is 15.9. The van der Waals surface area contributed by atoms with Gasteiger partial charge in [0.25, 0.3) is 0 Å². The first kappa shape index (κ1) is 13.1. The van der Waals surface area contributed by atoms with Crippen LogP contribution in [0.4, 0.5) is 0 Å². The van der Waals surface area contributed by atoms with Crippen molar-refractivity contribution in [2.45, 2.75) is 13.0 Å². The maximum atomic E-state index is 10.5. The van der Waals surface area contributed by atoms with E-state index in [4.69, 9.17) is 4.74 Å². The molecule has 0 bridgehead atoms. The van der Waals surface area contributed by atoms with Gasteiger partial charge in [-0.3, -0.25) is 0 Å². The Morgan fingerprint density at radius 1 is 1.06 bits per heavy atom. The van der Waals surface area contributed by atoms with E-state index < -0.39 is 0 Å². The summed E-state index contributed by atoms with van der Waals surface area (Å²) in [6.07, 6.45) is 1.34. The van der Waals surface area contributed by atoms with Crippen molar-refractivity contribution in [3.8, 4) is 5.75 Å². The van der Waals surface area contributed by atoms with E-state index in [0.717, 1.165) is 26.7 Å². The molecule has 0 spiro atoms. The molecule has 0 aromatic heterocycles. The van der Waals surface area contributed by atoms with Gasteiger partial charge in [0.1, 0.15) is 18.6 Å². The Labute approximate surface area is 120 Å². The van der Waals surface area contributed by atoms with Crippen LogP contribution in [0.2, 0.25) is 0 Å². The maximum absolute atomic E-state index is 10.5. The Bertz CT molecular complexity index is 523. The third kappa shape index (κ3) is 3.57. The number of aldehydes is 1. The number of hydrogen-bond donors (Lipinski definition) is 0. The molecular weight excluding hydrogens is 339 g/mol. The second kappa shape index (κ2) is 6.54. The van der Waals surface area contributed by atoms with Crippen molar-refractivity contribution in [1.82, 2.24) is 0 Å². The predicted octanol–water partition coefficient (Wildman–Crippen LogP) is 3.61. The number of carbonyl (C=O) groups is 1. The molecule has 0 aliphatic heterocycles. The zero-order chi connectivity index (χ0) is 12.8. The summed E-state index contributed by atoms with van der Waals surface area (Å²) in [4.78, 5) is 10.5. The molecule has 92 valence electrons. The van der Waals surface area contributed by atoms with Crippen LogP contribution in [0.15, 0.2) is 48.5 Å². The fourth-order valence-corrected chi connectivity index (χ4v) is 2.11. The summed E-state index contributed by atoms with van der Waals surface area (Å²) in [5.41, 5.74) is 2.11. The van der Waals surface area contributed by atoms with E-state index >= 15 is 0 Å². The molecular formula is C15H13IO2. The van der Waals surface area contributed by atoms with Crippen molar-refractivity contribution >= 4 is 28.9 Å². The Morgan fingerprint density at radius 3 is 2.56 bits per heavy atom. The van der Waals surface area contributed by atoms with Crippen LogP contribution in [0.3, 0.4) is 0 Å². The lowest BCUT2D eigenvalue weighted by molar-refractivity contribution is -0.107. The molecule has 0 radical (unpaired) electrons. The van der Waals surface area contributed by atoms with E-state index in [2.05, 4.69) is 22.6 Å². The fraction of sp³-hybridized carbons (Fsp3) is 0.133. The van der Waals surface area contributed by atoms with Gasteiger partial charge >= 0.3 is 0 Å². The van der Waals surface area contributed by atoms with Gasteiger partial charge in [0, 0.05) is 6.42 Å². The van der Waals surface area contributed by atoms with E-state index in [1.807, 2.05) is 48.5 Å². The number of carbonyl (C=O) groups excluding carboxylic acids is 1. The van der Waals surface area contributed by atoms with Crippen molar-refractivity contribution in [3.05, 3.63) is 63.2 Å². The number of hydrogen-bond acceptors (Lipinski definition) is 2. The molecule has 0 aliphatic rings. The van der Waals surface area contributed by atoms with Crippen LogP contribution in [0.25, 0.3) is 0 Å². The van der Waals surface area contributed by atoms with E-state index in [-0.39, 0.29) is 0 Å². The lowest BCUT2D eigenvalue weighted by Gasteiger charge is -2.09. The smallest absolute Gasteiger partial charge is 0.133 e.